The van der Waals surface area contributed by atoms with Crippen molar-refractivity contribution in [3.63, 3.8) is 0 Å². The van der Waals surface area contributed by atoms with Gasteiger partial charge in [-0.1, -0.05) is 41.6 Å². The molecule has 4 rings (SSSR count). The first-order valence-corrected chi connectivity index (χ1v) is 12.1. The standard InChI is InChI=1S/C26H29N3O4S/c1-16(2)33-25(31)23-18(4)27-26-29(24(23)19-10-8-17(3)9-11-19)20(15-34-26)13-22(30)28(5)14-21-7-6-12-32-21/h6-12,15-16,24H,13-14H2,1-5H3/t24-/m0/s1. The first-order chi connectivity index (χ1) is 16.2. The Morgan fingerprint density at radius 3 is 2.59 bits per heavy atom. The van der Waals surface area contributed by atoms with Crippen LogP contribution in [0.4, 0.5) is 0 Å². The summed E-state index contributed by atoms with van der Waals surface area (Å²) in [5, 5.41) is 2.70. The van der Waals surface area contributed by atoms with Crippen LogP contribution in [0.15, 0.2) is 74.4 Å². The van der Waals surface area contributed by atoms with E-state index in [0.29, 0.717) is 17.8 Å². The Hall–Kier alpha value is -3.26. The summed E-state index contributed by atoms with van der Waals surface area (Å²) in [4.78, 5) is 34.6. The maximum atomic E-state index is 13.2. The van der Waals surface area contributed by atoms with Gasteiger partial charge in [-0.25, -0.2) is 9.79 Å². The van der Waals surface area contributed by atoms with Crippen molar-refractivity contribution in [3.8, 4) is 0 Å². The third-order valence-electron chi connectivity index (χ3n) is 5.69. The van der Waals surface area contributed by atoms with E-state index in [-0.39, 0.29) is 18.4 Å². The van der Waals surface area contributed by atoms with E-state index in [2.05, 4.69) is 0 Å². The van der Waals surface area contributed by atoms with Gasteiger partial charge in [0.05, 0.1) is 42.6 Å². The zero-order chi connectivity index (χ0) is 24.4. The van der Waals surface area contributed by atoms with Crippen LogP contribution >= 0.6 is 11.8 Å². The van der Waals surface area contributed by atoms with E-state index in [1.165, 1.54) is 11.8 Å². The van der Waals surface area contributed by atoms with E-state index in [1.54, 1.807) is 24.3 Å². The minimum atomic E-state index is -0.427. The lowest BCUT2D eigenvalue weighted by Crippen LogP contribution is -2.38. The molecule has 0 spiro atoms. The number of benzene rings is 1. The average Bonchev–Trinajstić information content (AvgIpc) is 3.43. The number of esters is 1. The number of rotatable bonds is 7. The smallest absolute Gasteiger partial charge is 0.338 e. The van der Waals surface area contributed by atoms with Crippen LogP contribution in [0.2, 0.25) is 0 Å². The molecule has 0 fully saturated rings. The minimum absolute atomic E-state index is 0.0512. The van der Waals surface area contributed by atoms with E-state index < -0.39 is 12.0 Å². The van der Waals surface area contributed by atoms with Crippen molar-refractivity contribution in [2.45, 2.75) is 52.8 Å². The molecule has 0 N–H and O–H groups in total. The largest absolute Gasteiger partial charge is 0.467 e. The first-order valence-electron chi connectivity index (χ1n) is 11.2. The van der Waals surface area contributed by atoms with Crippen LogP contribution < -0.4 is 0 Å². The highest BCUT2D eigenvalue weighted by Gasteiger charge is 2.41. The molecule has 0 bridgehead atoms. The number of carbonyl (C=O) groups excluding carboxylic acids is 2. The fraction of sp³-hybridized carbons (Fsp3) is 0.346. The number of amidine groups is 1. The molecule has 0 saturated heterocycles. The number of hydrogen-bond donors (Lipinski definition) is 0. The van der Waals surface area contributed by atoms with Crippen LogP contribution in [0.1, 0.15) is 50.1 Å². The monoisotopic (exact) mass is 479 g/mol. The van der Waals surface area contributed by atoms with Gasteiger partial charge in [-0.05, 0) is 50.8 Å². The first kappa shape index (κ1) is 23.9. The summed E-state index contributed by atoms with van der Waals surface area (Å²) in [7, 11) is 1.76. The highest BCUT2D eigenvalue weighted by Crippen LogP contribution is 2.45. The molecule has 0 saturated carbocycles. The number of hydrogen-bond acceptors (Lipinski definition) is 7. The number of nitrogens with zero attached hydrogens (tertiary/aromatic N) is 3. The van der Waals surface area contributed by atoms with Gasteiger partial charge >= 0.3 is 5.97 Å². The summed E-state index contributed by atoms with van der Waals surface area (Å²) in [6, 6.07) is 11.3. The van der Waals surface area contributed by atoms with Crippen LogP contribution in [0.3, 0.4) is 0 Å². The topological polar surface area (TPSA) is 75.3 Å². The summed E-state index contributed by atoms with van der Waals surface area (Å²) in [6.45, 7) is 7.91. The van der Waals surface area contributed by atoms with Gasteiger partial charge in [0.1, 0.15) is 5.76 Å². The second kappa shape index (κ2) is 9.93. The van der Waals surface area contributed by atoms with Gasteiger partial charge in [0.15, 0.2) is 5.17 Å². The van der Waals surface area contributed by atoms with Crippen molar-refractivity contribution in [2.75, 3.05) is 7.05 Å². The van der Waals surface area contributed by atoms with Crippen molar-refractivity contribution in [1.82, 2.24) is 9.80 Å². The third kappa shape index (κ3) is 4.97. The summed E-state index contributed by atoms with van der Waals surface area (Å²) < 4.78 is 11.0. The van der Waals surface area contributed by atoms with Crippen molar-refractivity contribution in [2.24, 2.45) is 4.99 Å². The van der Waals surface area contributed by atoms with E-state index in [4.69, 9.17) is 14.1 Å². The van der Waals surface area contributed by atoms with Crippen molar-refractivity contribution < 1.29 is 18.7 Å². The number of aliphatic imine (C=N–C) groups is 1. The van der Waals surface area contributed by atoms with Gasteiger partial charge in [-0.2, -0.15) is 0 Å². The lowest BCUT2D eigenvalue weighted by molar-refractivity contribution is -0.143. The number of carbonyl (C=O) groups is 2. The van der Waals surface area contributed by atoms with Crippen molar-refractivity contribution in [3.05, 3.63) is 81.9 Å². The molecule has 2 aliphatic rings. The molecule has 34 heavy (non-hydrogen) atoms. The lowest BCUT2D eigenvalue weighted by Gasteiger charge is -2.36. The van der Waals surface area contributed by atoms with E-state index in [1.807, 2.05) is 68.3 Å². The normalized spacial score (nSPS) is 17.5. The summed E-state index contributed by atoms with van der Waals surface area (Å²) in [6.07, 6.45) is 1.52. The van der Waals surface area contributed by atoms with Gasteiger partial charge in [0, 0.05) is 12.7 Å². The molecule has 0 aliphatic carbocycles. The number of thioether (sulfide) groups is 1. The molecule has 8 heteroatoms. The van der Waals surface area contributed by atoms with E-state index in [0.717, 1.165) is 27.8 Å². The van der Waals surface area contributed by atoms with E-state index in [9.17, 15) is 9.59 Å². The predicted molar refractivity (Wildman–Crippen MR) is 133 cm³/mol. The number of furan rings is 1. The maximum absolute atomic E-state index is 13.2. The molecule has 1 amide bonds. The van der Waals surface area contributed by atoms with Crippen molar-refractivity contribution in [1.29, 1.82) is 0 Å². The van der Waals surface area contributed by atoms with Gasteiger partial charge in [-0.3, -0.25) is 4.79 Å². The predicted octanol–water partition coefficient (Wildman–Crippen LogP) is 5.16. The van der Waals surface area contributed by atoms with Crippen molar-refractivity contribution >= 4 is 28.8 Å². The highest BCUT2D eigenvalue weighted by atomic mass is 32.2. The van der Waals surface area contributed by atoms with Gasteiger partial charge in [0.2, 0.25) is 5.91 Å². The Bertz CT molecular complexity index is 1160. The Balaban J connectivity index is 1.65. The molecule has 3 heterocycles. The molecule has 7 nitrogen and oxygen atoms in total. The Morgan fingerprint density at radius 2 is 1.94 bits per heavy atom. The fourth-order valence-corrected chi connectivity index (χ4v) is 4.95. The SMILES string of the molecule is CC1=C(C(=O)OC(C)C)[C@H](c2ccc(C)cc2)N2C(CC(=O)N(C)Cc3ccco3)=CSC2=N1. The molecule has 0 unspecified atom stereocenters. The average molecular weight is 480 g/mol. The maximum Gasteiger partial charge on any atom is 0.338 e. The molecule has 2 aromatic rings. The number of fused-ring (bicyclic) bond motifs is 1. The molecule has 1 aromatic carbocycles. The number of amides is 1. The van der Waals surface area contributed by atoms with Crippen LogP contribution in [-0.2, 0) is 20.9 Å². The number of allylic oxidation sites excluding steroid dienone is 1. The van der Waals surface area contributed by atoms with E-state index >= 15 is 0 Å². The van der Waals surface area contributed by atoms with Crippen LogP contribution in [0, 0.1) is 6.92 Å². The zero-order valence-corrected chi connectivity index (χ0v) is 20.9. The molecule has 178 valence electrons. The number of ether oxygens (including phenoxy) is 1. The van der Waals surface area contributed by atoms with Gasteiger partial charge in [0.25, 0.3) is 0 Å². The molecule has 1 aromatic heterocycles. The lowest BCUT2D eigenvalue weighted by atomic mass is 9.93. The molecule has 0 radical (unpaired) electrons. The quantitative estimate of drug-likeness (QED) is 0.511. The van der Waals surface area contributed by atoms with Gasteiger partial charge in [-0.15, -0.1) is 0 Å². The Morgan fingerprint density at radius 1 is 1.21 bits per heavy atom. The number of aryl methyl sites for hydroxylation is 1. The van der Waals surface area contributed by atoms with Gasteiger partial charge < -0.3 is 19.0 Å². The van der Waals surface area contributed by atoms with Crippen LogP contribution in [0.5, 0.6) is 0 Å². The molecular weight excluding hydrogens is 450 g/mol. The molecule has 1 atom stereocenters. The molecule has 2 aliphatic heterocycles. The third-order valence-corrected chi connectivity index (χ3v) is 6.58. The second-order valence-electron chi connectivity index (χ2n) is 8.76. The zero-order valence-electron chi connectivity index (χ0n) is 20.1. The highest BCUT2D eigenvalue weighted by molar-refractivity contribution is 8.16. The summed E-state index contributed by atoms with van der Waals surface area (Å²) in [5.41, 5.74) is 3.99. The summed E-state index contributed by atoms with van der Waals surface area (Å²) >= 11 is 1.46. The van der Waals surface area contributed by atoms with Crippen LogP contribution in [-0.4, -0.2) is 40.0 Å². The Labute approximate surface area is 204 Å². The molecular formula is C26H29N3O4S. The second-order valence-corrected chi connectivity index (χ2v) is 9.60. The minimum Gasteiger partial charge on any atom is -0.467 e. The Kier molecular flexibility index (Phi) is 6.97. The van der Waals surface area contributed by atoms with Crippen LogP contribution in [0.25, 0.3) is 0 Å². The fourth-order valence-electron chi connectivity index (χ4n) is 3.99. The summed E-state index contributed by atoms with van der Waals surface area (Å²) in [5.74, 6) is 0.281.